The minimum Gasteiger partial charge on any atom is -0.325 e. The SMILES string of the molecule is CCN(CC)C(=O)Nc1ccns1. The van der Waals surface area contributed by atoms with E-state index in [1.54, 1.807) is 17.2 Å². The Balaban J connectivity index is 2.49. The molecule has 0 aliphatic carbocycles. The van der Waals surface area contributed by atoms with Crippen molar-refractivity contribution in [1.29, 1.82) is 0 Å². The lowest BCUT2D eigenvalue weighted by molar-refractivity contribution is 0.217. The summed E-state index contributed by atoms with van der Waals surface area (Å²) in [4.78, 5) is 13.2. The fourth-order valence-corrected chi connectivity index (χ4v) is 1.47. The van der Waals surface area contributed by atoms with Gasteiger partial charge in [-0.1, -0.05) is 0 Å². The highest BCUT2D eigenvalue weighted by molar-refractivity contribution is 7.10. The second kappa shape index (κ2) is 4.81. The number of carbonyl (C=O) groups is 1. The van der Waals surface area contributed by atoms with E-state index in [0.717, 1.165) is 18.1 Å². The highest BCUT2D eigenvalue weighted by atomic mass is 32.1. The molecule has 4 nitrogen and oxygen atoms in total. The number of aromatic nitrogens is 1. The van der Waals surface area contributed by atoms with Crippen LogP contribution in [0.25, 0.3) is 0 Å². The van der Waals surface area contributed by atoms with E-state index in [-0.39, 0.29) is 6.03 Å². The van der Waals surface area contributed by atoms with E-state index in [0.29, 0.717) is 0 Å². The van der Waals surface area contributed by atoms with Crippen molar-refractivity contribution in [3.05, 3.63) is 12.3 Å². The molecule has 5 heteroatoms. The summed E-state index contributed by atoms with van der Waals surface area (Å²) < 4.78 is 3.89. The Morgan fingerprint density at radius 3 is 2.77 bits per heavy atom. The summed E-state index contributed by atoms with van der Waals surface area (Å²) in [6.07, 6.45) is 1.67. The molecule has 0 aliphatic rings. The van der Waals surface area contributed by atoms with Crippen molar-refractivity contribution < 1.29 is 4.79 Å². The maximum Gasteiger partial charge on any atom is 0.322 e. The van der Waals surface area contributed by atoms with Crippen molar-refractivity contribution >= 4 is 22.6 Å². The topological polar surface area (TPSA) is 45.2 Å². The molecule has 0 unspecified atom stereocenters. The van der Waals surface area contributed by atoms with E-state index in [2.05, 4.69) is 9.69 Å². The van der Waals surface area contributed by atoms with Crippen molar-refractivity contribution in [1.82, 2.24) is 9.27 Å². The standard InChI is InChI=1S/C8H13N3OS/c1-3-11(4-2)8(12)10-7-5-6-9-13-7/h5-6H,3-4H2,1-2H3,(H,10,12). The number of anilines is 1. The molecule has 0 aliphatic heterocycles. The first-order chi connectivity index (χ1) is 6.27. The summed E-state index contributed by atoms with van der Waals surface area (Å²) in [7, 11) is 0. The Bertz CT molecular complexity index is 256. The van der Waals surface area contributed by atoms with E-state index >= 15 is 0 Å². The Hall–Kier alpha value is -1.10. The molecule has 1 rings (SSSR count). The first-order valence-corrected chi connectivity index (χ1v) is 5.01. The number of hydrogen-bond donors (Lipinski definition) is 1. The van der Waals surface area contributed by atoms with Crippen LogP contribution in [0.4, 0.5) is 9.80 Å². The molecule has 2 amide bonds. The van der Waals surface area contributed by atoms with Crippen molar-refractivity contribution in [2.45, 2.75) is 13.8 Å². The molecule has 0 radical (unpaired) electrons. The van der Waals surface area contributed by atoms with Crippen LogP contribution < -0.4 is 5.32 Å². The van der Waals surface area contributed by atoms with Gasteiger partial charge in [0.15, 0.2) is 0 Å². The van der Waals surface area contributed by atoms with Gasteiger partial charge in [-0.05, 0) is 31.4 Å². The number of nitrogens with zero attached hydrogens (tertiary/aromatic N) is 2. The smallest absolute Gasteiger partial charge is 0.322 e. The predicted molar refractivity (Wildman–Crippen MR) is 54.1 cm³/mol. The average Bonchev–Trinajstić information content (AvgIpc) is 2.59. The Morgan fingerprint density at radius 1 is 1.62 bits per heavy atom. The van der Waals surface area contributed by atoms with Crippen LogP contribution in [0.3, 0.4) is 0 Å². The Labute approximate surface area is 81.7 Å². The number of carbonyl (C=O) groups excluding carboxylic acids is 1. The summed E-state index contributed by atoms with van der Waals surface area (Å²) >= 11 is 1.28. The van der Waals surface area contributed by atoms with Crippen molar-refractivity contribution in [3.8, 4) is 0 Å². The lowest BCUT2D eigenvalue weighted by Gasteiger charge is -2.18. The largest absolute Gasteiger partial charge is 0.325 e. The molecule has 1 aromatic rings. The molecule has 0 fully saturated rings. The second-order valence-corrected chi connectivity index (χ2v) is 3.31. The van der Waals surface area contributed by atoms with E-state index in [4.69, 9.17) is 0 Å². The quantitative estimate of drug-likeness (QED) is 0.809. The molecule has 0 spiro atoms. The van der Waals surface area contributed by atoms with Gasteiger partial charge in [0.1, 0.15) is 5.00 Å². The number of hydrogen-bond acceptors (Lipinski definition) is 3. The molecule has 13 heavy (non-hydrogen) atoms. The highest BCUT2D eigenvalue weighted by Crippen LogP contribution is 2.11. The number of nitrogens with one attached hydrogen (secondary N) is 1. The Kier molecular flexibility index (Phi) is 3.70. The predicted octanol–water partition coefficient (Wildman–Crippen LogP) is 2.02. The summed E-state index contributed by atoms with van der Waals surface area (Å²) in [6.45, 7) is 5.35. The number of rotatable bonds is 3. The molecule has 1 N–H and O–H groups in total. The summed E-state index contributed by atoms with van der Waals surface area (Å²) in [5, 5.41) is 3.56. The van der Waals surface area contributed by atoms with Gasteiger partial charge in [-0.2, -0.15) is 4.37 Å². The molecule has 1 aromatic heterocycles. The maximum absolute atomic E-state index is 11.5. The van der Waals surface area contributed by atoms with Crippen molar-refractivity contribution in [2.24, 2.45) is 0 Å². The van der Waals surface area contributed by atoms with Gasteiger partial charge in [0.05, 0.1) is 0 Å². The lowest BCUT2D eigenvalue weighted by Crippen LogP contribution is -2.34. The zero-order valence-corrected chi connectivity index (χ0v) is 8.60. The van der Waals surface area contributed by atoms with Crippen LogP contribution in [0.15, 0.2) is 12.3 Å². The number of amides is 2. The van der Waals surface area contributed by atoms with Gasteiger partial charge in [-0.3, -0.25) is 5.32 Å². The minimum atomic E-state index is -0.0609. The first kappa shape index (κ1) is 9.98. The van der Waals surface area contributed by atoms with Gasteiger partial charge in [-0.25, -0.2) is 4.79 Å². The third kappa shape index (κ3) is 2.69. The van der Waals surface area contributed by atoms with E-state index in [1.165, 1.54) is 11.5 Å². The van der Waals surface area contributed by atoms with E-state index < -0.39 is 0 Å². The van der Waals surface area contributed by atoms with E-state index in [1.807, 2.05) is 13.8 Å². The molecular weight excluding hydrogens is 186 g/mol. The Morgan fingerprint density at radius 2 is 2.31 bits per heavy atom. The molecular formula is C8H13N3OS. The second-order valence-electron chi connectivity index (χ2n) is 2.48. The number of urea groups is 1. The first-order valence-electron chi connectivity index (χ1n) is 4.24. The molecule has 0 saturated heterocycles. The molecule has 0 atom stereocenters. The van der Waals surface area contributed by atoms with Crippen molar-refractivity contribution in [3.63, 3.8) is 0 Å². The molecule has 0 bridgehead atoms. The third-order valence-electron chi connectivity index (χ3n) is 1.72. The fraction of sp³-hybridized carbons (Fsp3) is 0.500. The molecule has 1 heterocycles. The molecule has 72 valence electrons. The highest BCUT2D eigenvalue weighted by Gasteiger charge is 2.09. The summed E-state index contributed by atoms with van der Waals surface area (Å²) in [5.74, 6) is 0. The van der Waals surface area contributed by atoms with Gasteiger partial charge in [0.25, 0.3) is 0 Å². The third-order valence-corrected chi connectivity index (χ3v) is 2.38. The van der Waals surface area contributed by atoms with Crippen molar-refractivity contribution in [2.75, 3.05) is 18.4 Å². The van der Waals surface area contributed by atoms with Gasteiger partial charge in [-0.15, -0.1) is 0 Å². The molecule has 0 saturated carbocycles. The summed E-state index contributed by atoms with van der Waals surface area (Å²) in [5.41, 5.74) is 0. The van der Waals surface area contributed by atoms with Gasteiger partial charge in [0, 0.05) is 19.3 Å². The zero-order chi connectivity index (χ0) is 9.68. The van der Waals surface area contributed by atoms with E-state index in [9.17, 15) is 4.79 Å². The van der Waals surface area contributed by atoms with Crippen LogP contribution in [-0.2, 0) is 0 Å². The average molecular weight is 199 g/mol. The normalized spacial score (nSPS) is 9.69. The molecule has 0 aromatic carbocycles. The van der Waals surface area contributed by atoms with Crippen LogP contribution in [0.5, 0.6) is 0 Å². The van der Waals surface area contributed by atoms with Gasteiger partial charge < -0.3 is 4.90 Å². The van der Waals surface area contributed by atoms with Gasteiger partial charge >= 0.3 is 6.03 Å². The van der Waals surface area contributed by atoms with Crippen LogP contribution >= 0.6 is 11.5 Å². The van der Waals surface area contributed by atoms with Gasteiger partial charge in [0.2, 0.25) is 0 Å². The monoisotopic (exact) mass is 199 g/mol. The zero-order valence-electron chi connectivity index (χ0n) is 7.78. The maximum atomic E-state index is 11.5. The lowest BCUT2D eigenvalue weighted by atomic mass is 10.5. The fourth-order valence-electron chi connectivity index (χ4n) is 0.976. The van der Waals surface area contributed by atoms with Crippen LogP contribution in [0, 0.1) is 0 Å². The minimum absolute atomic E-state index is 0.0609. The van der Waals surface area contributed by atoms with Crippen LogP contribution in [-0.4, -0.2) is 28.4 Å². The van der Waals surface area contributed by atoms with Crippen LogP contribution in [0.2, 0.25) is 0 Å². The summed E-state index contributed by atoms with van der Waals surface area (Å²) in [6, 6.07) is 1.72. The van der Waals surface area contributed by atoms with Crippen LogP contribution in [0.1, 0.15) is 13.8 Å².